The number of benzene rings is 1. The molecule has 6 heteroatoms. The number of imidazole rings is 1. The molecule has 0 saturated carbocycles. The van der Waals surface area contributed by atoms with E-state index in [2.05, 4.69) is 40.0 Å². The number of aryl methyl sites for hydroxylation is 1. The largest absolute Gasteiger partial charge is 0.330 e. The third-order valence-corrected chi connectivity index (χ3v) is 3.45. The second-order valence-electron chi connectivity index (χ2n) is 4.60. The predicted octanol–water partition coefficient (Wildman–Crippen LogP) is 1.82. The zero-order chi connectivity index (χ0) is 11.7. The molecule has 19 heavy (non-hydrogen) atoms. The Balaban J connectivity index is 0.000000902. The number of fused-ring (bicyclic) bond motifs is 1. The Hall–Kier alpha value is -0.810. The number of hydrogen-bond donors (Lipinski definition) is 1. The highest BCUT2D eigenvalue weighted by molar-refractivity contribution is 5.85. The van der Waals surface area contributed by atoms with E-state index in [9.17, 15) is 0 Å². The summed E-state index contributed by atoms with van der Waals surface area (Å²) in [4.78, 5) is 7.16. The fourth-order valence-corrected chi connectivity index (χ4v) is 2.41. The highest BCUT2D eigenvalue weighted by atomic mass is 35.5. The maximum Gasteiger partial charge on any atom is 0.123 e. The second kappa shape index (κ2) is 7.10. The molecule has 0 amide bonds. The molecule has 1 aromatic heterocycles. The summed E-state index contributed by atoms with van der Waals surface area (Å²) in [6.07, 6.45) is 0. The molecule has 1 aromatic carbocycles. The summed E-state index contributed by atoms with van der Waals surface area (Å²) >= 11 is 0. The second-order valence-corrected chi connectivity index (χ2v) is 4.60. The Kier molecular flexibility index (Phi) is 6.07. The maximum atomic E-state index is 4.71. The first kappa shape index (κ1) is 16.2. The van der Waals surface area contributed by atoms with Gasteiger partial charge in [-0.2, -0.15) is 0 Å². The molecule has 1 aliphatic rings. The van der Waals surface area contributed by atoms with Crippen molar-refractivity contribution in [2.45, 2.75) is 6.54 Å². The van der Waals surface area contributed by atoms with Gasteiger partial charge < -0.3 is 9.88 Å². The summed E-state index contributed by atoms with van der Waals surface area (Å²) in [7, 11) is 2.10. The molecule has 0 radical (unpaired) electrons. The zero-order valence-electron chi connectivity index (χ0n) is 11.0. The number of para-hydroxylation sites is 2. The molecule has 0 aliphatic carbocycles. The lowest BCUT2D eigenvalue weighted by molar-refractivity contribution is 0.226. The fraction of sp³-hybridized carbons (Fsp3) is 0.462. The monoisotopic (exact) mass is 302 g/mol. The van der Waals surface area contributed by atoms with Crippen LogP contribution in [-0.4, -0.2) is 40.6 Å². The Bertz CT molecular complexity index is 520. The van der Waals surface area contributed by atoms with E-state index in [1.54, 1.807) is 0 Å². The van der Waals surface area contributed by atoms with Gasteiger partial charge in [0.2, 0.25) is 0 Å². The summed E-state index contributed by atoms with van der Waals surface area (Å²) in [6, 6.07) is 8.32. The third-order valence-electron chi connectivity index (χ3n) is 3.45. The molecule has 4 nitrogen and oxygen atoms in total. The zero-order valence-corrected chi connectivity index (χ0v) is 12.6. The standard InChI is InChI=1S/C13H18N4.2ClH/c1-16-12-5-3-2-4-11(12)15-13(16)10-17-8-6-14-7-9-17;;/h2-5,14H,6-10H2,1H3;2*1H. The lowest BCUT2D eigenvalue weighted by Gasteiger charge is -2.26. The van der Waals surface area contributed by atoms with Crippen LogP contribution in [0, 0.1) is 0 Å². The van der Waals surface area contributed by atoms with E-state index in [1.807, 2.05) is 6.07 Å². The van der Waals surface area contributed by atoms with Crippen molar-refractivity contribution < 1.29 is 0 Å². The highest BCUT2D eigenvalue weighted by Gasteiger charge is 2.13. The molecule has 1 fully saturated rings. The van der Waals surface area contributed by atoms with E-state index in [4.69, 9.17) is 4.98 Å². The average molecular weight is 303 g/mol. The Labute approximate surface area is 126 Å². The van der Waals surface area contributed by atoms with Crippen LogP contribution in [0.2, 0.25) is 0 Å². The van der Waals surface area contributed by atoms with Crippen LogP contribution in [0.4, 0.5) is 0 Å². The van der Waals surface area contributed by atoms with Gasteiger partial charge in [-0.3, -0.25) is 4.90 Å². The van der Waals surface area contributed by atoms with Crippen LogP contribution >= 0.6 is 24.8 Å². The molecule has 1 N–H and O–H groups in total. The van der Waals surface area contributed by atoms with Gasteiger partial charge in [-0.1, -0.05) is 12.1 Å². The number of hydrogen-bond acceptors (Lipinski definition) is 3. The van der Waals surface area contributed by atoms with Gasteiger partial charge in [-0.05, 0) is 12.1 Å². The molecule has 1 saturated heterocycles. The molecule has 3 rings (SSSR count). The maximum absolute atomic E-state index is 4.71. The number of aromatic nitrogens is 2. The molecule has 106 valence electrons. The smallest absolute Gasteiger partial charge is 0.123 e. The van der Waals surface area contributed by atoms with Gasteiger partial charge in [0.15, 0.2) is 0 Å². The predicted molar refractivity (Wildman–Crippen MR) is 83.4 cm³/mol. The van der Waals surface area contributed by atoms with Crippen LogP contribution in [0.5, 0.6) is 0 Å². The van der Waals surface area contributed by atoms with Crippen LogP contribution < -0.4 is 5.32 Å². The minimum atomic E-state index is 0. The van der Waals surface area contributed by atoms with E-state index < -0.39 is 0 Å². The van der Waals surface area contributed by atoms with Crippen LogP contribution in [0.25, 0.3) is 11.0 Å². The number of nitrogens with one attached hydrogen (secondary N) is 1. The van der Waals surface area contributed by atoms with Crippen molar-refractivity contribution in [3.63, 3.8) is 0 Å². The van der Waals surface area contributed by atoms with Crippen LogP contribution in [0.15, 0.2) is 24.3 Å². The molecule has 2 heterocycles. The Morgan fingerprint density at radius 3 is 2.53 bits per heavy atom. The van der Waals surface area contributed by atoms with Crippen LogP contribution in [0.3, 0.4) is 0 Å². The summed E-state index contributed by atoms with van der Waals surface area (Å²) < 4.78 is 2.21. The fourth-order valence-electron chi connectivity index (χ4n) is 2.41. The molecule has 2 aromatic rings. The van der Waals surface area contributed by atoms with E-state index >= 15 is 0 Å². The third kappa shape index (κ3) is 3.39. The molecule has 1 aliphatic heterocycles. The van der Waals surface area contributed by atoms with E-state index in [0.29, 0.717) is 0 Å². The normalized spacial score (nSPS) is 15.8. The number of nitrogens with zero attached hydrogens (tertiary/aromatic N) is 3. The van der Waals surface area contributed by atoms with Gasteiger partial charge in [0, 0.05) is 33.2 Å². The van der Waals surface area contributed by atoms with Crippen LogP contribution in [0.1, 0.15) is 5.82 Å². The molecule has 0 spiro atoms. The van der Waals surface area contributed by atoms with Crippen molar-refractivity contribution >= 4 is 35.8 Å². The summed E-state index contributed by atoms with van der Waals surface area (Å²) in [5, 5.41) is 3.37. The highest BCUT2D eigenvalue weighted by Crippen LogP contribution is 2.15. The topological polar surface area (TPSA) is 33.1 Å². The first-order valence-electron chi connectivity index (χ1n) is 6.18. The molecule has 0 unspecified atom stereocenters. The van der Waals surface area contributed by atoms with E-state index in [-0.39, 0.29) is 24.8 Å². The summed E-state index contributed by atoms with van der Waals surface area (Å²) in [5.74, 6) is 1.16. The average Bonchev–Trinajstić information content (AvgIpc) is 2.68. The number of piperazine rings is 1. The summed E-state index contributed by atoms with van der Waals surface area (Å²) in [5.41, 5.74) is 2.32. The van der Waals surface area contributed by atoms with Crippen LogP contribution in [-0.2, 0) is 13.6 Å². The lowest BCUT2D eigenvalue weighted by Crippen LogP contribution is -2.43. The van der Waals surface area contributed by atoms with Gasteiger partial charge in [0.05, 0.1) is 17.6 Å². The number of halogens is 2. The van der Waals surface area contributed by atoms with Crippen molar-refractivity contribution in [3.8, 4) is 0 Å². The quantitative estimate of drug-likeness (QED) is 0.919. The van der Waals surface area contributed by atoms with Gasteiger partial charge in [0.25, 0.3) is 0 Å². The molecule has 0 bridgehead atoms. The molecular weight excluding hydrogens is 283 g/mol. The Morgan fingerprint density at radius 1 is 1.16 bits per heavy atom. The summed E-state index contributed by atoms with van der Waals surface area (Å²) in [6.45, 7) is 5.35. The molecule has 0 atom stereocenters. The van der Waals surface area contributed by atoms with Gasteiger partial charge in [-0.25, -0.2) is 4.98 Å². The van der Waals surface area contributed by atoms with Crippen molar-refractivity contribution in [1.82, 2.24) is 19.8 Å². The van der Waals surface area contributed by atoms with Crippen molar-refractivity contribution in [2.75, 3.05) is 26.2 Å². The number of rotatable bonds is 2. The minimum Gasteiger partial charge on any atom is -0.330 e. The Morgan fingerprint density at radius 2 is 1.84 bits per heavy atom. The van der Waals surface area contributed by atoms with Crippen molar-refractivity contribution in [2.24, 2.45) is 7.05 Å². The van der Waals surface area contributed by atoms with Crippen molar-refractivity contribution in [3.05, 3.63) is 30.1 Å². The van der Waals surface area contributed by atoms with Gasteiger partial charge in [-0.15, -0.1) is 24.8 Å². The SMILES string of the molecule is Cl.Cl.Cn1c(CN2CCNCC2)nc2ccccc21. The van der Waals surface area contributed by atoms with Gasteiger partial charge >= 0.3 is 0 Å². The first-order valence-corrected chi connectivity index (χ1v) is 6.18. The minimum absolute atomic E-state index is 0. The van der Waals surface area contributed by atoms with Gasteiger partial charge in [0.1, 0.15) is 5.82 Å². The van der Waals surface area contributed by atoms with E-state index in [1.165, 1.54) is 5.52 Å². The first-order chi connectivity index (χ1) is 8.34. The molecular formula is C13H20Cl2N4. The van der Waals surface area contributed by atoms with Crippen molar-refractivity contribution in [1.29, 1.82) is 0 Å². The lowest BCUT2D eigenvalue weighted by atomic mass is 10.3. The van der Waals surface area contributed by atoms with E-state index in [0.717, 1.165) is 44.1 Å².